The van der Waals surface area contributed by atoms with Crippen LogP contribution in [0.1, 0.15) is 28.7 Å². The van der Waals surface area contributed by atoms with Gasteiger partial charge in [-0.2, -0.15) is 5.26 Å². The van der Waals surface area contributed by atoms with E-state index in [1.54, 1.807) is 43.4 Å². The number of hydrogen-bond acceptors (Lipinski definition) is 4. The predicted molar refractivity (Wildman–Crippen MR) is 120 cm³/mol. The van der Waals surface area contributed by atoms with Gasteiger partial charge in [-0.15, -0.1) is 0 Å². The predicted octanol–water partition coefficient (Wildman–Crippen LogP) is 4.88. The van der Waals surface area contributed by atoms with Crippen LogP contribution in [0.2, 0.25) is 0 Å². The van der Waals surface area contributed by atoms with Crippen molar-refractivity contribution in [2.75, 3.05) is 14.2 Å². The number of methoxy groups -OCH3 is 2. The van der Waals surface area contributed by atoms with Gasteiger partial charge in [0, 0.05) is 19.5 Å². The van der Waals surface area contributed by atoms with Crippen molar-refractivity contribution in [2.24, 2.45) is 0 Å². The summed E-state index contributed by atoms with van der Waals surface area (Å²) in [6, 6.07) is 21.1. The van der Waals surface area contributed by atoms with Gasteiger partial charge in [0.25, 0.3) is 0 Å². The lowest BCUT2D eigenvalue weighted by Gasteiger charge is -2.23. The summed E-state index contributed by atoms with van der Waals surface area (Å²) in [7, 11) is 3.15. The second kappa shape index (κ2) is 11.0. The molecule has 0 bridgehead atoms. The maximum atomic E-state index is 13.7. The van der Waals surface area contributed by atoms with Crippen molar-refractivity contribution in [2.45, 2.75) is 25.9 Å². The topological polar surface area (TPSA) is 62.6 Å². The number of carbonyl (C=O) groups excluding carboxylic acids is 1. The molecule has 3 rings (SSSR count). The normalized spacial score (nSPS) is 10.3. The SMILES string of the molecule is COc1ccc(CCC(=O)N(Cc2ccc(C#N)cc2)Cc2cccc(F)c2)cc1OC. The molecule has 3 aromatic rings. The molecule has 0 N–H and O–H groups in total. The molecule has 0 radical (unpaired) electrons. The van der Waals surface area contributed by atoms with Gasteiger partial charge in [-0.3, -0.25) is 4.79 Å². The highest BCUT2D eigenvalue weighted by Crippen LogP contribution is 2.28. The Morgan fingerprint density at radius 2 is 1.59 bits per heavy atom. The lowest BCUT2D eigenvalue weighted by Crippen LogP contribution is -2.30. The number of ether oxygens (including phenoxy) is 2. The Hall–Kier alpha value is -3.85. The molecule has 0 heterocycles. The van der Waals surface area contributed by atoms with Crippen molar-refractivity contribution in [1.29, 1.82) is 5.26 Å². The van der Waals surface area contributed by atoms with Crippen molar-refractivity contribution < 1.29 is 18.7 Å². The van der Waals surface area contributed by atoms with E-state index in [0.717, 1.165) is 16.7 Å². The molecule has 0 aliphatic carbocycles. The Bertz CT molecular complexity index is 1110. The molecule has 0 aromatic heterocycles. The minimum absolute atomic E-state index is 0.0478. The summed E-state index contributed by atoms with van der Waals surface area (Å²) in [5.41, 5.74) is 3.14. The molecule has 164 valence electrons. The van der Waals surface area contributed by atoms with Crippen LogP contribution in [0.3, 0.4) is 0 Å². The smallest absolute Gasteiger partial charge is 0.223 e. The zero-order valence-electron chi connectivity index (χ0n) is 18.2. The molecule has 0 aliphatic rings. The van der Waals surface area contributed by atoms with E-state index in [1.165, 1.54) is 12.1 Å². The van der Waals surface area contributed by atoms with Crippen LogP contribution < -0.4 is 9.47 Å². The summed E-state index contributed by atoms with van der Waals surface area (Å²) in [6.45, 7) is 0.662. The fourth-order valence-electron chi connectivity index (χ4n) is 3.44. The van der Waals surface area contributed by atoms with E-state index in [4.69, 9.17) is 14.7 Å². The van der Waals surface area contributed by atoms with Crippen molar-refractivity contribution in [3.63, 3.8) is 0 Å². The molecule has 0 fully saturated rings. The van der Waals surface area contributed by atoms with E-state index in [-0.39, 0.29) is 11.7 Å². The van der Waals surface area contributed by atoms with Crippen molar-refractivity contribution in [3.8, 4) is 17.6 Å². The van der Waals surface area contributed by atoms with Crippen LogP contribution in [0.5, 0.6) is 11.5 Å². The zero-order valence-corrected chi connectivity index (χ0v) is 18.2. The lowest BCUT2D eigenvalue weighted by atomic mass is 10.1. The number of benzene rings is 3. The number of hydrogen-bond donors (Lipinski definition) is 0. The fraction of sp³-hybridized carbons (Fsp3) is 0.231. The van der Waals surface area contributed by atoms with Gasteiger partial charge >= 0.3 is 0 Å². The summed E-state index contributed by atoms with van der Waals surface area (Å²) in [5.74, 6) is 0.870. The largest absolute Gasteiger partial charge is 0.493 e. The summed E-state index contributed by atoms with van der Waals surface area (Å²) in [5, 5.41) is 9.00. The number of halogens is 1. The average Bonchev–Trinajstić information content (AvgIpc) is 2.82. The molecule has 5 nitrogen and oxygen atoms in total. The fourth-order valence-corrected chi connectivity index (χ4v) is 3.44. The highest BCUT2D eigenvalue weighted by atomic mass is 19.1. The van der Waals surface area contributed by atoms with Crippen LogP contribution in [0, 0.1) is 17.1 Å². The monoisotopic (exact) mass is 432 g/mol. The Morgan fingerprint density at radius 1 is 0.906 bits per heavy atom. The molecule has 3 aromatic carbocycles. The van der Waals surface area contributed by atoms with Crippen molar-refractivity contribution in [3.05, 3.63) is 94.8 Å². The molecule has 0 saturated heterocycles. The quantitative estimate of drug-likeness (QED) is 0.484. The van der Waals surface area contributed by atoms with Gasteiger partial charge in [-0.1, -0.05) is 30.3 Å². The standard InChI is InChI=1S/C26H25FN2O3/c1-31-24-12-10-19(15-25(24)32-2)11-13-26(30)29(18-22-4-3-5-23(27)14-22)17-21-8-6-20(16-28)7-9-21/h3-10,12,14-15H,11,13,17-18H2,1-2H3. The van der Waals surface area contributed by atoms with Gasteiger partial charge in [-0.25, -0.2) is 4.39 Å². The number of aryl methyl sites for hydroxylation is 1. The summed E-state index contributed by atoms with van der Waals surface area (Å²) < 4.78 is 24.3. The van der Waals surface area contributed by atoms with Crippen molar-refractivity contribution in [1.82, 2.24) is 4.90 Å². The zero-order chi connectivity index (χ0) is 22.9. The van der Waals surface area contributed by atoms with Crippen LogP contribution in [-0.4, -0.2) is 25.0 Å². The Balaban J connectivity index is 1.75. The van der Waals surface area contributed by atoms with Crippen LogP contribution in [-0.2, 0) is 24.3 Å². The second-order valence-corrected chi connectivity index (χ2v) is 7.38. The highest BCUT2D eigenvalue weighted by molar-refractivity contribution is 5.76. The third-order valence-corrected chi connectivity index (χ3v) is 5.15. The third kappa shape index (κ3) is 6.08. The van der Waals surface area contributed by atoms with Crippen LogP contribution in [0.15, 0.2) is 66.7 Å². The Labute approximate surface area is 187 Å². The summed E-state index contributed by atoms with van der Waals surface area (Å²) in [6.07, 6.45) is 0.827. The molecule has 0 saturated carbocycles. The summed E-state index contributed by atoms with van der Waals surface area (Å²) in [4.78, 5) is 14.8. The number of rotatable bonds is 9. The first-order chi connectivity index (χ1) is 15.5. The van der Waals surface area contributed by atoms with Crippen LogP contribution in [0.4, 0.5) is 4.39 Å². The molecule has 0 atom stereocenters. The van der Waals surface area contributed by atoms with Crippen LogP contribution in [0.25, 0.3) is 0 Å². The highest BCUT2D eigenvalue weighted by Gasteiger charge is 2.16. The Morgan fingerprint density at radius 3 is 2.25 bits per heavy atom. The minimum Gasteiger partial charge on any atom is -0.493 e. The molecule has 1 amide bonds. The molecule has 0 spiro atoms. The first-order valence-corrected chi connectivity index (χ1v) is 10.2. The second-order valence-electron chi connectivity index (χ2n) is 7.38. The van der Waals surface area contributed by atoms with E-state index < -0.39 is 0 Å². The Kier molecular flexibility index (Phi) is 7.82. The minimum atomic E-state index is -0.335. The van der Waals surface area contributed by atoms with Crippen LogP contribution >= 0.6 is 0 Å². The first kappa shape index (κ1) is 22.8. The maximum Gasteiger partial charge on any atom is 0.223 e. The molecule has 6 heteroatoms. The number of carbonyl (C=O) groups is 1. The molecule has 0 aliphatic heterocycles. The van der Waals surface area contributed by atoms with Gasteiger partial charge < -0.3 is 14.4 Å². The van der Waals surface area contributed by atoms with E-state index in [9.17, 15) is 9.18 Å². The maximum absolute atomic E-state index is 13.7. The lowest BCUT2D eigenvalue weighted by molar-refractivity contribution is -0.132. The van der Waals surface area contributed by atoms with Crippen molar-refractivity contribution >= 4 is 5.91 Å². The number of amides is 1. The van der Waals surface area contributed by atoms with Gasteiger partial charge in [0.15, 0.2) is 11.5 Å². The van der Waals surface area contributed by atoms with E-state index in [0.29, 0.717) is 43.0 Å². The van der Waals surface area contributed by atoms with E-state index in [2.05, 4.69) is 6.07 Å². The third-order valence-electron chi connectivity index (χ3n) is 5.15. The molecular formula is C26H25FN2O3. The molecular weight excluding hydrogens is 407 g/mol. The van der Waals surface area contributed by atoms with E-state index in [1.807, 2.05) is 30.3 Å². The van der Waals surface area contributed by atoms with Gasteiger partial charge in [0.2, 0.25) is 5.91 Å². The number of nitrogens with zero attached hydrogens (tertiary/aromatic N) is 2. The van der Waals surface area contributed by atoms with E-state index >= 15 is 0 Å². The average molecular weight is 432 g/mol. The first-order valence-electron chi connectivity index (χ1n) is 10.2. The molecule has 32 heavy (non-hydrogen) atoms. The summed E-state index contributed by atoms with van der Waals surface area (Å²) >= 11 is 0. The molecule has 0 unspecified atom stereocenters. The van der Waals surface area contributed by atoms with Gasteiger partial charge in [0.1, 0.15) is 5.82 Å². The van der Waals surface area contributed by atoms with Gasteiger partial charge in [-0.05, 0) is 59.5 Å². The number of nitriles is 1. The van der Waals surface area contributed by atoms with Gasteiger partial charge in [0.05, 0.1) is 25.9 Å².